The van der Waals surface area contributed by atoms with Gasteiger partial charge in [0.05, 0.1) is 5.56 Å². The van der Waals surface area contributed by atoms with Crippen LogP contribution < -0.4 is 0 Å². The predicted octanol–water partition coefficient (Wildman–Crippen LogP) is 5.77. The van der Waals surface area contributed by atoms with Crippen LogP contribution >= 0.6 is 0 Å². The summed E-state index contributed by atoms with van der Waals surface area (Å²) in [6, 6.07) is 9.27. The number of carbonyl (C=O) groups excluding carboxylic acids is 2. The average Bonchev–Trinajstić information content (AvgIpc) is 3.06. The van der Waals surface area contributed by atoms with Crippen molar-refractivity contribution in [3.05, 3.63) is 35.9 Å². The highest BCUT2D eigenvalue weighted by Crippen LogP contribution is 2.66. The lowest BCUT2D eigenvalue weighted by Crippen LogP contribution is -2.56. The van der Waals surface area contributed by atoms with Crippen LogP contribution in [-0.4, -0.2) is 24.0 Å². The molecule has 1 aromatic carbocycles. The zero-order valence-corrected chi connectivity index (χ0v) is 18.1. The van der Waals surface area contributed by atoms with Crippen LogP contribution in [0.2, 0.25) is 0 Å². The topological polar surface area (TPSA) is 43.4 Å². The molecule has 4 aliphatic carbocycles. The van der Waals surface area contributed by atoms with Gasteiger partial charge in [0.25, 0.3) is 0 Å². The van der Waals surface area contributed by atoms with Gasteiger partial charge in [0.1, 0.15) is 6.10 Å². The number of hydrogen-bond acceptors (Lipinski definition) is 3. The van der Waals surface area contributed by atoms with E-state index >= 15 is 0 Å². The number of ether oxygens (including phenoxy) is 1. The van der Waals surface area contributed by atoms with Crippen LogP contribution in [-0.2, 0) is 9.53 Å². The Morgan fingerprint density at radius 1 is 1.00 bits per heavy atom. The monoisotopic (exact) mass is 412 g/mol. The summed E-state index contributed by atoms with van der Waals surface area (Å²) < 4.78 is 20.5. The number of Topliss-reactive ketones (excluding diaryl/α,β-unsaturated/α-hetero) is 1. The number of rotatable bonds is 2. The van der Waals surface area contributed by atoms with Crippen LogP contribution in [0.3, 0.4) is 0 Å². The van der Waals surface area contributed by atoms with E-state index in [2.05, 4.69) is 13.8 Å². The molecule has 4 aliphatic rings. The summed E-state index contributed by atoms with van der Waals surface area (Å²) >= 11 is 0. The first-order valence-corrected chi connectivity index (χ1v) is 11.8. The normalized spacial score (nSPS) is 45.2. The highest BCUT2D eigenvalue weighted by molar-refractivity contribution is 5.89. The van der Waals surface area contributed by atoms with Crippen molar-refractivity contribution >= 4 is 11.8 Å². The van der Waals surface area contributed by atoms with Crippen molar-refractivity contribution in [2.75, 3.05) is 0 Å². The zero-order chi connectivity index (χ0) is 21.1. The van der Waals surface area contributed by atoms with Gasteiger partial charge in [0.15, 0.2) is 12.0 Å². The molecule has 3 nitrogen and oxygen atoms in total. The van der Waals surface area contributed by atoms with Crippen molar-refractivity contribution in [3.63, 3.8) is 0 Å². The lowest BCUT2D eigenvalue weighted by molar-refractivity contribution is -0.151. The minimum absolute atomic E-state index is 0.00834. The summed E-state index contributed by atoms with van der Waals surface area (Å²) in [6.45, 7) is 4.58. The maximum Gasteiger partial charge on any atom is 0.338 e. The van der Waals surface area contributed by atoms with Gasteiger partial charge in [-0.25, -0.2) is 9.18 Å². The van der Waals surface area contributed by atoms with Gasteiger partial charge in [0, 0.05) is 11.8 Å². The summed E-state index contributed by atoms with van der Waals surface area (Å²) in [7, 11) is 0. The Balaban J connectivity index is 1.35. The Morgan fingerprint density at radius 3 is 2.50 bits per heavy atom. The van der Waals surface area contributed by atoms with Crippen molar-refractivity contribution in [1.82, 2.24) is 0 Å². The molecule has 0 heterocycles. The molecule has 0 unspecified atom stereocenters. The third-order valence-electron chi connectivity index (χ3n) is 9.65. The lowest BCUT2D eigenvalue weighted by Gasteiger charge is -2.60. The van der Waals surface area contributed by atoms with E-state index in [9.17, 15) is 14.0 Å². The van der Waals surface area contributed by atoms with Crippen molar-refractivity contribution in [1.29, 1.82) is 0 Å². The largest absolute Gasteiger partial charge is 0.458 e. The van der Waals surface area contributed by atoms with E-state index in [0.717, 1.165) is 38.5 Å². The molecule has 8 atom stereocenters. The molecule has 0 aliphatic heterocycles. The lowest BCUT2D eigenvalue weighted by atomic mass is 9.45. The fraction of sp³-hybridized carbons (Fsp3) is 0.692. The van der Waals surface area contributed by atoms with Crippen molar-refractivity contribution in [3.8, 4) is 0 Å². The van der Waals surface area contributed by atoms with E-state index in [0.29, 0.717) is 42.1 Å². The molecular formula is C26H33FO3. The molecule has 5 rings (SSSR count). The quantitative estimate of drug-likeness (QED) is 0.579. The maximum atomic E-state index is 14.5. The van der Waals surface area contributed by atoms with Crippen LogP contribution in [0, 0.1) is 34.5 Å². The molecular weight excluding hydrogens is 379 g/mol. The van der Waals surface area contributed by atoms with Crippen molar-refractivity contribution < 1.29 is 18.7 Å². The fourth-order valence-corrected chi connectivity index (χ4v) is 7.98. The smallest absolute Gasteiger partial charge is 0.338 e. The Bertz CT molecular complexity index is 838. The van der Waals surface area contributed by atoms with Gasteiger partial charge in [-0.1, -0.05) is 32.0 Å². The number of ketones is 1. The first-order chi connectivity index (χ1) is 14.3. The number of fused-ring (bicyclic) bond motifs is 5. The highest BCUT2D eigenvalue weighted by atomic mass is 19.1. The van der Waals surface area contributed by atoms with Gasteiger partial charge in [-0.15, -0.1) is 0 Å². The summed E-state index contributed by atoms with van der Waals surface area (Å²) in [5, 5.41) is 0. The second-order valence-corrected chi connectivity index (χ2v) is 10.9. The van der Waals surface area contributed by atoms with Gasteiger partial charge in [-0.2, -0.15) is 0 Å². The number of halogens is 1. The zero-order valence-electron chi connectivity index (χ0n) is 18.1. The molecule has 4 saturated carbocycles. The van der Waals surface area contributed by atoms with Crippen LogP contribution in [0.25, 0.3) is 0 Å². The summed E-state index contributed by atoms with van der Waals surface area (Å²) in [6.07, 6.45) is 5.80. The molecule has 4 heteroatoms. The number of benzene rings is 1. The summed E-state index contributed by atoms with van der Waals surface area (Å²) in [5.74, 6) is 1.53. The van der Waals surface area contributed by atoms with Crippen LogP contribution in [0.1, 0.15) is 75.6 Å². The minimum atomic E-state index is -1.28. The van der Waals surface area contributed by atoms with E-state index < -0.39 is 6.17 Å². The molecule has 30 heavy (non-hydrogen) atoms. The summed E-state index contributed by atoms with van der Waals surface area (Å²) in [5.41, 5.74) is 0.567. The Morgan fingerprint density at radius 2 is 1.73 bits per heavy atom. The van der Waals surface area contributed by atoms with Crippen molar-refractivity contribution in [2.45, 2.75) is 77.5 Å². The second kappa shape index (κ2) is 7.17. The van der Waals surface area contributed by atoms with Crippen LogP contribution in [0.15, 0.2) is 30.3 Å². The minimum Gasteiger partial charge on any atom is -0.458 e. The van der Waals surface area contributed by atoms with Gasteiger partial charge in [0.2, 0.25) is 0 Å². The van der Waals surface area contributed by atoms with Gasteiger partial charge >= 0.3 is 5.97 Å². The second-order valence-electron chi connectivity index (χ2n) is 10.9. The summed E-state index contributed by atoms with van der Waals surface area (Å²) in [4.78, 5) is 24.7. The Hall–Kier alpha value is -1.71. The molecule has 0 saturated heterocycles. The molecule has 0 radical (unpaired) electrons. The van der Waals surface area contributed by atoms with Gasteiger partial charge < -0.3 is 4.74 Å². The first-order valence-electron chi connectivity index (χ1n) is 11.8. The molecule has 4 fully saturated rings. The highest BCUT2D eigenvalue weighted by Gasteiger charge is 2.62. The third kappa shape index (κ3) is 2.97. The molecule has 0 aromatic heterocycles. The van der Waals surface area contributed by atoms with E-state index in [1.807, 2.05) is 30.3 Å². The standard InChI is InChI=1S/C26H33FO3/c1-25-13-12-20-18(9-8-17-14-22(28)21(27)15-26(17,20)2)19(25)10-11-23(25)30-24(29)16-6-4-3-5-7-16/h3-7,17-21,23H,8-15H2,1-2H3/t17-,18+,19+,20+,21+,23-,25+,26+/m1/s1. The number of carbonyl (C=O) groups is 2. The molecule has 0 bridgehead atoms. The number of alkyl halides is 1. The predicted molar refractivity (Wildman–Crippen MR) is 113 cm³/mol. The van der Waals surface area contributed by atoms with E-state index in [1.54, 1.807) is 0 Å². The molecule has 1 aromatic rings. The first kappa shape index (κ1) is 20.2. The molecule has 162 valence electrons. The van der Waals surface area contributed by atoms with Crippen LogP contribution in [0.4, 0.5) is 4.39 Å². The number of hydrogen-bond donors (Lipinski definition) is 0. The molecule has 0 N–H and O–H groups in total. The van der Waals surface area contributed by atoms with E-state index in [4.69, 9.17) is 4.74 Å². The molecule has 0 amide bonds. The average molecular weight is 413 g/mol. The van der Waals surface area contributed by atoms with E-state index in [1.165, 1.54) is 0 Å². The SMILES string of the molecule is C[C@]12C[C@H](F)C(=O)C[C@H]1CC[C@@H]1[C@@H]2CC[C@]2(C)[C@H](OC(=O)c3ccccc3)CC[C@@H]12. The van der Waals surface area contributed by atoms with Crippen molar-refractivity contribution in [2.24, 2.45) is 34.5 Å². The fourth-order valence-electron chi connectivity index (χ4n) is 7.98. The van der Waals surface area contributed by atoms with Gasteiger partial charge in [-0.3, -0.25) is 4.79 Å². The maximum absolute atomic E-state index is 14.5. The Kier molecular flexibility index (Phi) is 4.83. The molecule has 0 spiro atoms. The Labute approximate surface area is 178 Å². The van der Waals surface area contributed by atoms with E-state index in [-0.39, 0.29) is 28.7 Å². The number of esters is 1. The van der Waals surface area contributed by atoms with Gasteiger partial charge in [-0.05, 0) is 86.2 Å². The third-order valence-corrected chi connectivity index (χ3v) is 9.65. The van der Waals surface area contributed by atoms with Crippen LogP contribution in [0.5, 0.6) is 0 Å².